The molecule has 0 saturated heterocycles. The van der Waals surface area contributed by atoms with Gasteiger partial charge in [0.1, 0.15) is 0 Å². The van der Waals surface area contributed by atoms with Gasteiger partial charge in [-0.2, -0.15) is 0 Å². The van der Waals surface area contributed by atoms with Crippen LogP contribution in [0.4, 0.5) is 10.7 Å². The maximum Gasteiger partial charge on any atom is 0.324 e. The van der Waals surface area contributed by atoms with Gasteiger partial charge in [-0.1, -0.05) is 11.3 Å². The van der Waals surface area contributed by atoms with Gasteiger partial charge in [0.05, 0.1) is 4.92 Å². The average Bonchev–Trinajstić information content (AvgIpc) is 2.95. The summed E-state index contributed by atoms with van der Waals surface area (Å²) in [6, 6.07) is 10.3. The Balaban J connectivity index is 1.94. The number of nitro groups is 1. The third kappa shape index (κ3) is 4.03. The summed E-state index contributed by atoms with van der Waals surface area (Å²) in [5, 5.41) is 16.6. The zero-order valence-electron chi connectivity index (χ0n) is 11.5. The van der Waals surface area contributed by atoms with Crippen LogP contribution in [-0.4, -0.2) is 17.4 Å². The summed E-state index contributed by atoms with van der Waals surface area (Å²) in [4.78, 5) is 22.7. The molecule has 1 aromatic carbocycles. The predicted molar refractivity (Wildman–Crippen MR) is 82.7 cm³/mol. The van der Waals surface area contributed by atoms with E-state index in [-0.39, 0.29) is 10.9 Å². The zero-order chi connectivity index (χ0) is 15.2. The van der Waals surface area contributed by atoms with Crippen LogP contribution in [0.5, 0.6) is 0 Å². The van der Waals surface area contributed by atoms with Gasteiger partial charge in [0, 0.05) is 35.3 Å². The van der Waals surface area contributed by atoms with E-state index in [2.05, 4.69) is 10.6 Å². The van der Waals surface area contributed by atoms with Crippen molar-refractivity contribution in [3.8, 4) is 0 Å². The van der Waals surface area contributed by atoms with E-state index < -0.39 is 4.92 Å². The monoisotopic (exact) mass is 305 g/mol. The number of hydrogen-bond donors (Lipinski definition) is 2. The minimum atomic E-state index is -0.394. The standard InChI is InChI=1S/C14H15N3O3S/c1-2-15-14(18)10-3-5-11(6-4-10)16-9-12-7-8-13(21-12)17(19)20/h3-8,16H,2,9H2,1H3,(H,15,18). The number of rotatable bonds is 6. The van der Waals surface area contributed by atoms with Crippen LogP contribution in [-0.2, 0) is 6.54 Å². The fourth-order valence-corrected chi connectivity index (χ4v) is 2.51. The van der Waals surface area contributed by atoms with Gasteiger partial charge in [-0.3, -0.25) is 14.9 Å². The Morgan fingerprint density at radius 3 is 2.52 bits per heavy atom. The van der Waals surface area contributed by atoms with E-state index in [1.54, 1.807) is 18.2 Å². The number of carbonyl (C=O) groups excluding carboxylic acids is 1. The molecule has 1 aromatic heterocycles. The second kappa shape index (κ2) is 6.85. The minimum absolute atomic E-state index is 0.0991. The molecule has 7 heteroatoms. The van der Waals surface area contributed by atoms with Gasteiger partial charge < -0.3 is 10.6 Å². The van der Waals surface area contributed by atoms with Gasteiger partial charge in [0.2, 0.25) is 0 Å². The number of anilines is 1. The first-order valence-corrected chi connectivity index (χ1v) is 7.27. The molecule has 2 rings (SSSR count). The number of nitrogens with zero attached hydrogens (tertiary/aromatic N) is 1. The van der Waals surface area contributed by atoms with E-state index in [1.165, 1.54) is 6.07 Å². The van der Waals surface area contributed by atoms with Crippen molar-refractivity contribution in [2.45, 2.75) is 13.5 Å². The van der Waals surface area contributed by atoms with Crippen molar-refractivity contribution < 1.29 is 9.72 Å². The van der Waals surface area contributed by atoms with Gasteiger partial charge in [0.25, 0.3) is 5.91 Å². The molecular weight excluding hydrogens is 290 g/mol. The Morgan fingerprint density at radius 1 is 1.24 bits per heavy atom. The number of nitrogens with one attached hydrogen (secondary N) is 2. The van der Waals surface area contributed by atoms with Gasteiger partial charge >= 0.3 is 5.00 Å². The summed E-state index contributed by atoms with van der Waals surface area (Å²) in [6.07, 6.45) is 0. The highest BCUT2D eigenvalue weighted by Crippen LogP contribution is 2.24. The van der Waals surface area contributed by atoms with Crippen LogP contribution in [0.25, 0.3) is 0 Å². The molecule has 6 nitrogen and oxygen atoms in total. The van der Waals surface area contributed by atoms with Gasteiger partial charge in [0.15, 0.2) is 0 Å². The highest BCUT2D eigenvalue weighted by atomic mass is 32.1. The number of hydrogen-bond acceptors (Lipinski definition) is 5. The fourth-order valence-electron chi connectivity index (χ4n) is 1.75. The SMILES string of the molecule is CCNC(=O)c1ccc(NCc2ccc([N+](=O)[O-])s2)cc1. The molecule has 1 amide bonds. The second-order valence-corrected chi connectivity index (χ2v) is 5.43. The largest absolute Gasteiger partial charge is 0.380 e. The first-order valence-electron chi connectivity index (χ1n) is 6.45. The summed E-state index contributed by atoms with van der Waals surface area (Å²) in [5.41, 5.74) is 1.47. The van der Waals surface area contributed by atoms with Crippen molar-refractivity contribution in [3.05, 3.63) is 57.0 Å². The molecule has 21 heavy (non-hydrogen) atoms. The number of carbonyl (C=O) groups is 1. The van der Waals surface area contributed by atoms with Crippen LogP contribution >= 0.6 is 11.3 Å². The van der Waals surface area contributed by atoms with Crippen molar-refractivity contribution in [2.75, 3.05) is 11.9 Å². The van der Waals surface area contributed by atoms with Crippen molar-refractivity contribution in [1.29, 1.82) is 0 Å². The quantitative estimate of drug-likeness (QED) is 0.634. The molecule has 2 N–H and O–H groups in total. The van der Waals surface area contributed by atoms with E-state index in [0.29, 0.717) is 18.7 Å². The molecular formula is C14H15N3O3S. The third-order valence-electron chi connectivity index (χ3n) is 2.78. The highest BCUT2D eigenvalue weighted by molar-refractivity contribution is 7.15. The predicted octanol–water partition coefficient (Wildman–Crippen LogP) is 3.02. The molecule has 0 unspecified atom stereocenters. The summed E-state index contributed by atoms with van der Waals surface area (Å²) in [7, 11) is 0. The molecule has 2 aromatic rings. The van der Waals surface area contributed by atoms with E-state index >= 15 is 0 Å². The molecule has 110 valence electrons. The molecule has 0 aliphatic heterocycles. The highest BCUT2D eigenvalue weighted by Gasteiger charge is 2.09. The topological polar surface area (TPSA) is 84.3 Å². The van der Waals surface area contributed by atoms with Crippen LogP contribution in [0.1, 0.15) is 22.2 Å². The molecule has 0 radical (unpaired) electrons. The van der Waals surface area contributed by atoms with Crippen molar-refractivity contribution in [1.82, 2.24) is 5.32 Å². The van der Waals surface area contributed by atoms with Crippen LogP contribution in [0.3, 0.4) is 0 Å². The fraction of sp³-hybridized carbons (Fsp3) is 0.214. The molecule has 0 aliphatic rings. The number of benzene rings is 1. The Kier molecular flexibility index (Phi) is 4.89. The lowest BCUT2D eigenvalue weighted by Crippen LogP contribution is -2.22. The Morgan fingerprint density at radius 2 is 1.95 bits per heavy atom. The van der Waals surface area contributed by atoms with Crippen LogP contribution in [0, 0.1) is 10.1 Å². The van der Waals surface area contributed by atoms with Crippen molar-refractivity contribution in [2.24, 2.45) is 0 Å². The summed E-state index contributed by atoms with van der Waals surface area (Å²) in [5.74, 6) is -0.0991. The number of thiophene rings is 1. The molecule has 0 atom stereocenters. The average molecular weight is 305 g/mol. The van der Waals surface area contributed by atoms with Crippen molar-refractivity contribution in [3.63, 3.8) is 0 Å². The number of amides is 1. The molecule has 1 heterocycles. The lowest BCUT2D eigenvalue weighted by atomic mass is 10.2. The molecule has 0 spiro atoms. The lowest BCUT2D eigenvalue weighted by Gasteiger charge is -2.06. The van der Waals surface area contributed by atoms with E-state index in [0.717, 1.165) is 21.9 Å². The Hall–Kier alpha value is -2.41. The van der Waals surface area contributed by atoms with E-state index in [1.807, 2.05) is 19.1 Å². The zero-order valence-corrected chi connectivity index (χ0v) is 12.3. The second-order valence-electron chi connectivity index (χ2n) is 4.29. The van der Waals surface area contributed by atoms with Crippen LogP contribution in [0.2, 0.25) is 0 Å². The first-order chi connectivity index (χ1) is 10.1. The summed E-state index contributed by atoms with van der Waals surface area (Å²) >= 11 is 1.15. The normalized spacial score (nSPS) is 10.1. The van der Waals surface area contributed by atoms with Gasteiger partial charge in [-0.15, -0.1) is 0 Å². The minimum Gasteiger partial charge on any atom is -0.380 e. The van der Waals surface area contributed by atoms with E-state index in [9.17, 15) is 14.9 Å². The Bertz CT molecular complexity index is 637. The molecule has 0 aliphatic carbocycles. The van der Waals surface area contributed by atoms with Crippen LogP contribution in [0.15, 0.2) is 36.4 Å². The molecule has 0 bridgehead atoms. The smallest absolute Gasteiger partial charge is 0.324 e. The van der Waals surface area contributed by atoms with Crippen molar-refractivity contribution >= 4 is 27.9 Å². The summed E-state index contributed by atoms with van der Waals surface area (Å²) < 4.78 is 0. The Labute approximate surface area is 126 Å². The summed E-state index contributed by atoms with van der Waals surface area (Å²) in [6.45, 7) is 2.98. The third-order valence-corrected chi connectivity index (χ3v) is 3.82. The van der Waals surface area contributed by atoms with Crippen LogP contribution < -0.4 is 10.6 Å². The molecule has 0 saturated carbocycles. The molecule has 0 fully saturated rings. The van der Waals surface area contributed by atoms with Gasteiger partial charge in [-0.25, -0.2) is 0 Å². The lowest BCUT2D eigenvalue weighted by molar-refractivity contribution is -0.380. The van der Waals surface area contributed by atoms with Gasteiger partial charge in [-0.05, 0) is 37.3 Å². The van der Waals surface area contributed by atoms with E-state index in [4.69, 9.17) is 0 Å². The maximum atomic E-state index is 11.6. The first kappa shape index (κ1) is 15.0. The maximum absolute atomic E-state index is 11.6.